The lowest BCUT2D eigenvalue weighted by Crippen LogP contribution is -2.63. The van der Waals surface area contributed by atoms with Crippen LogP contribution in [0.2, 0.25) is 0 Å². The summed E-state index contributed by atoms with van der Waals surface area (Å²) in [4.78, 5) is 34.4. The number of hydrogen-bond donors (Lipinski definition) is 2. The van der Waals surface area contributed by atoms with Gasteiger partial charge in [0.15, 0.2) is 5.82 Å². The van der Waals surface area contributed by atoms with Gasteiger partial charge in [0.05, 0.1) is 5.69 Å². The summed E-state index contributed by atoms with van der Waals surface area (Å²) < 4.78 is 0. The van der Waals surface area contributed by atoms with Crippen molar-refractivity contribution in [1.29, 1.82) is 0 Å². The molecule has 0 unspecified atom stereocenters. The lowest BCUT2D eigenvalue weighted by atomic mass is 9.84. The van der Waals surface area contributed by atoms with Crippen LogP contribution in [0.15, 0.2) is 18.3 Å². The molecule has 0 bridgehead atoms. The first-order valence-electron chi connectivity index (χ1n) is 11.1. The van der Waals surface area contributed by atoms with Crippen molar-refractivity contribution < 1.29 is 9.59 Å². The first-order valence-corrected chi connectivity index (χ1v) is 11.1. The van der Waals surface area contributed by atoms with E-state index in [2.05, 4.69) is 29.5 Å². The third-order valence-electron chi connectivity index (χ3n) is 6.59. The molecule has 2 fully saturated rings. The molecule has 3 amide bonds. The number of urea groups is 1. The van der Waals surface area contributed by atoms with Crippen molar-refractivity contribution in [1.82, 2.24) is 15.2 Å². The van der Waals surface area contributed by atoms with Gasteiger partial charge in [-0.2, -0.15) is 0 Å². The van der Waals surface area contributed by atoms with Gasteiger partial charge in [0, 0.05) is 31.9 Å². The van der Waals surface area contributed by atoms with Crippen LogP contribution in [0.5, 0.6) is 0 Å². The fourth-order valence-corrected chi connectivity index (χ4v) is 4.74. The second-order valence-corrected chi connectivity index (χ2v) is 9.14. The van der Waals surface area contributed by atoms with Gasteiger partial charge in [0.2, 0.25) is 0 Å². The van der Waals surface area contributed by atoms with Crippen molar-refractivity contribution in [3.05, 3.63) is 18.3 Å². The van der Waals surface area contributed by atoms with E-state index < -0.39 is 5.54 Å². The molecular weight excluding hydrogens is 366 g/mol. The normalized spacial score (nSPS) is 21.4. The van der Waals surface area contributed by atoms with Crippen LogP contribution in [0.4, 0.5) is 16.3 Å². The summed E-state index contributed by atoms with van der Waals surface area (Å²) in [5.74, 6) is 1.34. The molecular formula is C22H33N5O2. The average molecular weight is 400 g/mol. The number of nitrogens with zero attached hydrogens (tertiary/aromatic N) is 3. The predicted octanol–water partition coefficient (Wildman–Crippen LogP) is 3.37. The molecule has 1 aliphatic carbocycles. The maximum absolute atomic E-state index is 13.5. The molecule has 2 N–H and O–H groups in total. The molecule has 0 aromatic carbocycles. The van der Waals surface area contributed by atoms with E-state index in [1.807, 2.05) is 21.9 Å². The molecule has 1 saturated heterocycles. The standard InChI is InChI=1S/C22H33N5O2/c1-16(2)9-13-27-19-18(8-5-12-23-19)25-22(20(27)28)10-14-26(15-11-22)21(29)24-17-6-3-4-7-17/h5,8,12,16-17,25H,3-4,6-7,9-11,13-15H2,1-2H3,(H,24,29). The Hall–Kier alpha value is -2.31. The van der Waals surface area contributed by atoms with Crippen LogP contribution in [-0.2, 0) is 4.79 Å². The Bertz CT molecular complexity index is 751. The number of hydrogen-bond acceptors (Lipinski definition) is 4. The molecule has 4 rings (SSSR count). The van der Waals surface area contributed by atoms with Crippen LogP contribution in [0, 0.1) is 5.92 Å². The van der Waals surface area contributed by atoms with Crippen molar-refractivity contribution in [3.63, 3.8) is 0 Å². The maximum atomic E-state index is 13.5. The van der Waals surface area contributed by atoms with Gasteiger partial charge in [0.25, 0.3) is 5.91 Å². The number of pyridine rings is 1. The number of amides is 3. The fourth-order valence-electron chi connectivity index (χ4n) is 4.74. The molecule has 1 saturated carbocycles. The average Bonchev–Trinajstić information content (AvgIpc) is 3.22. The Kier molecular flexibility index (Phi) is 5.65. The first-order chi connectivity index (χ1) is 14.0. The van der Waals surface area contributed by atoms with Crippen molar-refractivity contribution in [2.75, 3.05) is 29.9 Å². The maximum Gasteiger partial charge on any atom is 0.317 e. The zero-order valence-electron chi connectivity index (χ0n) is 17.6. The SMILES string of the molecule is CC(C)CCN1C(=O)C2(CCN(C(=O)NC3CCCC3)CC2)Nc2cccnc21. The molecule has 0 radical (unpaired) electrons. The van der Waals surface area contributed by atoms with Crippen LogP contribution in [0.1, 0.15) is 58.8 Å². The lowest BCUT2D eigenvalue weighted by molar-refractivity contribution is -0.124. The summed E-state index contributed by atoms with van der Waals surface area (Å²) in [5.41, 5.74) is 0.275. The summed E-state index contributed by atoms with van der Waals surface area (Å²) in [6, 6.07) is 4.24. The molecule has 2 aliphatic heterocycles. The summed E-state index contributed by atoms with van der Waals surface area (Å²) in [6.07, 6.45) is 8.49. The lowest BCUT2D eigenvalue weighted by Gasteiger charge is -2.47. The van der Waals surface area contributed by atoms with Gasteiger partial charge in [-0.1, -0.05) is 26.7 Å². The zero-order chi connectivity index (χ0) is 20.4. The van der Waals surface area contributed by atoms with E-state index in [-0.39, 0.29) is 11.9 Å². The monoisotopic (exact) mass is 399 g/mol. The van der Waals surface area contributed by atoms with Crippen LogP contribution < -0.4 is 15.5 Å². The van der Waals surface area contributed by atoms with Crippen LogP contribution in [0.3, 0.4) is 0 Å². The number of aromatic nitrogens is 1. The number of anilines is 2. The minimum absolute atomic E-state index is 0.0220. The number of carbonyl (C=O) groups is 2. The van der Waals surface area contributed by atoms with Crippen molar-refractivity contribution in [3.8, 4) is 0 Å². The van der Waals surface area contributed by atoms with Crippen LogP contribution >= 0.6 is 0 Å². The van der Waals surface area contributed by atoms with E-state index in [0.717, 1.165) is 30.8 Å². The number of nitrogens with one attached hydrogen (secondary N) is 2. The van der Waals surface area contributed by atoms with Gasteiger partial charge >= 0.3 is 6.03 Å². The quantitative estimate of drug-likeness (QED) is 0.814. The summed E-state index contributed by atoms with van der Waals surface area (Å²) >= 11 is 0. The minimum atomic E-state index is -0.642. The second-order valence-electron chi connectivity index (χ2n) is 9.14. The van der Waals surface area contributed by atoms with Gasteiger partial charge in [-0.05, 0) is 50.2 Å². The molecule has 29 heavy (non-hydrogen) atoms. The zero-order valence-corrected chi connectivity index (χ0v) is 17.6. The highest BCUT2D eigenvalue weighted by molar-refractivity contribution is 6.07. The molecule has 1 aromatic rings. The number of likely N-dealkylation sites (tertiary alicyclic amines) is 1. The van der Waals surface area contributed by atoms with Crippen LogP contribution in [-0.4, -0.2) is 53.0 Å². The third kappa shape index (κ3) is 4.05. The van der Waals surface area contributed by atoms with E-state index in [1.54, 1.807) is 6.20 Å². The highest BCUT2D eigenvalue weighted by atomic mass is 16.2. The van der Waals surface area contributed by atoms with Crippen molar-refractivity contribution in [2.24, 2.45) is 5.92 Å². The topological polar surface area (TPSA) is 77.6 Å². The fraction of sp³-hybridized carbons (Fsp3) is 0.682. The van der Waals surface area contributed by atoms with Crippen LogP contribution in [0.25, 0.3) is 0 Å². The van der Waals surface area contributed by atoms with E-state index in [4.69, 9.17) is 0 Å². The van der Waals surface area contributed by atoms with Gasteiger partial charge < -0.3 is 15.5 Å². The Morgan fingerprint density at radius 1 is 1.31 bits per heavy atom. The highest BCUT2D eigenvalue weighted by Gasteiger charge is 2.48. The van der Waals surface area contributed by atoms with E-state index >= 15 is 0 Å². The molecule has 3 aliphatic rings. The smallest absolute Gasteiger partial charge is 0.317 e. The molecule has 7 heteroatoms. The largest absolute Gasteiger partial charge is 0.368 e. The molecule has 1 spiro atoms. The number of carbonyl (C=O) groups excluding carboxylic acids is 2. The van der Waals surface area contributed by atoms with E-state index in [1.165, 1.54) is 12.8 Å². The van der Waals surface area contributed by atoms with Crippen molar-refractivity contribution >= 4 is 23.4 Å². The number of rotatable bonds is 4. The third-order valence-corrected chi connectivity index (χ3v) is 6.59. The molecule has 1 aromatic heterocycles. The molecule has 158 valence electrons. The van der Waals surface area contributed by atoms with Gasteiger partial charge in [-0.3, -0.25) is 9.69 Å². The Balaban J connectivity index is 1.46. The second kappa shape index (κ2) is 8.20. The predicted molar refractivity (Wildman–Crippen MR) is 114 cm³/mol. The highest BCUT2D eigenvalue weighted by Crippen LogP contribution is 2.39. The minimum Gasteiger partial charge on any atom is -0.368 e. The van der Waals surface area contributed by atoms with Gasteiger partial charge in [0.1, 0.15) is 5.54 Å². The molecule has 0 atom stereocenters. The first kappa shape index (κ1) is 20.0. The van der Waals surface area contributed by atoms with E-state index in [9.17, 15) is 9.59 Å². The van der Waals surface area contributed by atoms with Gasteiger partial charge in [-0.15, -0.1) is 0 Å². The summed E-state index contributed by atoms with van der Waals surface area (Å²) in [7, 11) is 0. The number of fused-ring (bicyclic) bond motifs is 1. The van der Waals surface area contributed by atoms with Crippen molar-refractivity contribution in [2.45, 2.75) is 70.4 Å². The Morgan fingerprint density at radius 2 is 2.03 bits per heavy atom. The Morgan fingerprint density at radius 3 is 2.72 bits per heavy atom. The molecule has 3 heterocycles. The van der Waals surface area contributed by atoms with E-state index in [0.29, 0.717) is 44.4 Å². The Labute approximate surface area is 173 Å². The summed E-state index contributed by atoms with van der Waals surface area (Å²) in [5, 5.41) is 6.67. The molecule has 7 nitrogen and oxygen atoms in total. The summed E-state index contributed by atoms with van der Waals surface area (Å²) in [6.45, 7) is 6.19. The number of piperidine rings is 1. The van der Waals surface area contributed by atoms with Gasteiger partial charge in [-0.25, -0.2) is 9.78 Å².